The van der Waals surface area contributed by atoms with Gasteiger partial charge in [-0.1, -0.05) is 15.9 Å². The average molecular weight is 338 g/mol. The van der Waals surface area contributed by atoms with Crippen molar-refractivity contribution in [1.29, 1.82) is 0 Å². The van der Waals surface area contributed by atoms with Gasteiger partial charge in [-0.25, -0.2) is 0 Å². The molecule has 1 rings (SSSR count). The molecule has 0 spiro atoms. The first-order chi connectivity index (χ1) is 8.73. The maximum atomic E-state index is 11.2. The van der Waals surface area contributed by atoms with Gasteiger partial charge >= 0.3 is 11.9 Å². The normalized spacial score (nSPS) is 35.0. The maximum Gasteiger partial charge on any atom is 0.303 e. The first-order valence-electron chi connectivity index (χ1n) is 6.04. The molecule has 6 nitrogen and oxygen atoms in total. The van der Waals surface area contributed by atoms with Crippen molar-refractivity contribution in [3.8, 4) is 0 Å². The number of nitrogens with zero attached hydrogens (tertiary/aromatic N) is 1. The van der Waals surface area contributed by atoms with Gasteiger partial charge in [-0.2, -0.15) is 0 Å². The number of hydrogen-bond donors (Lipinski definition) is 0. The van der Waals surface area contributed by atoms with Gasteiger partial charge in [0, 0.05) is 13.8 Å². The van der Waals surface area contributed by atoms with E-state index in [1.165, 1.54) is 13.8 Å². The molecule has 110 valence electrons. The molecule has 1 heterocycles. The standard InChI is InChI=1S/C12H20BrNO5/c1-6-10(18-7(2)15)9(14(4)5)11(12(13)17-6)19-8(3)16/h6,9-12H,1-5H3/t6-,9-,10-,11+,12+/m0/s1. The second-order valence-corrected chi connectivity index (χ2v) is 5.70. The van der Waals surface area contributed by atoms with Crippen molar-refractivity contribution >= 4 is 27.9 Å². The van der Waals surface area contributed by atoms with E-state index >= 15 is 0 Å². The predicted molar refractivity (Wildman–Crippen MR) is 71.8 cm³/mol. The highest BCUT2D eigenvalue weighted by molar-refractivity contribution is 9.09. The molecular weight excluding hydrogens is 318 g/mol. The first-order valence-corrected chi connectivity index (χ1v) is 6.96. The first kappa shape index (κ1) is 16.4. The number of alkyl halides is 1. The van der Waals surface area contributed by atoms with E-state index in [4.69, 9.17) is 14.2 Å². The Labute approximate surface area is 121 Å². The van der Waals surface area contributed by atoms with Crippen LogP contribution in [0.15, 0.2) is 0 Å². The fraction of sp³-hybridized carbons (Fsp3) is 0.833. The molecule has 5 atom stereocenters. The molecule has 0 bridgehead atoms. The topological polar surface area (TPSA) is 65.1 Å². The van der Waals surface area contributed by atoms with E-state index in [-0.39, 0.29) is 18.1 Å². The molecule has 1 saturated heterocycles. The zero-order chi connectivity index (χ0) is 14.7. The van der Waals surface area contributed by atoms with Crippen LogP contribution in [0.4, 0.5) is 0 Å². The fourth-order valence-electron chi connectivity index (χ4n) is 2.24. The van der Waals surface area contributed by atoms with Crippen LogP contribution < -0.4 is 0 Å². The van der Waals surface area contributed by atoms with Crippen molar-refractivity contribution in [3.05, 3.63) is 0 Å². The Morgan fingerprint density at radius 2 is 1.58 bits per heavy atom. The van der Waals surface area contributed by atoms with Crippen LogP contribution in [0.2, 0.25) is 0 Å². The van der Waals surface area contributed by atoms with E-state index in [0.717, 1.165) is 0 Å². The number of likely N-dealkylation sites (N-methyl/N-ethyl adjacent to an activating group) is 1. The molecule has 0 N–H and O–H groups in total. The highest BCUT2D eigenvalue weighted by atomic mass is 79.9. The van der Waals surface area contributed by atoms with Crippen molar-refractivity contribution in [2.24, 2.45) is 0 Å². The second kappa shape index (κ2) is 6.67. The summed E-state index contributed by atoms with van der Waals surface area (Å²) in [5.41, 5.74) is 0. The summed E-state index contributed by atoms with van der Waals surface area (Å²) in [6.45, 7) is 4.51. The number of esters is 2. The van der Waals surface area contributed by atoms with Gasteiger partial charge in [0.15, 0.2) is 11.1 Å². The lowest BCUT2D eigenvalue weighted by Crippen LogP contribution is -2.62. The van der Waals surface area contributed by atoms with E-state index < -0.39 is 23.2 Å². The quantitative estimate of drug-likeness (QED) is 0.563. The molecule has 0 aromatic rings. The Bertz CT molecular complexity index is 321. The summed E-state index contributed by atoms with van der Waals surface area (Å²) in [5, 5.41) is -0.439. The van der Waals surface area contributed by atoms with Crippen molar-refractivity contribution in [2.45, 2.75) is 50.1 Å². The number of carbonyl (C=O) groups excluding carboxylic acids is 2. The summed E-state index contributed by atoms with van der Waals surface area (Å²) >= 11 is 3.36. The van der Waals surface area contributed by atoms with Gasteiger partial charge in [-0.15, -0.1) is 0 Å². The van der Waals surface area contributed by atoms with Crippen LogP contribution in [0.3, 0.4) is 0 Å². The van der Waals surface area contributed by atoms with E-state index in [1.807, 2.05) is 25.9 Å². The van der Waals surface area contributed by atoms with Crippen LogP contribution in [0, 0.1) is 0 Å². The van der Waals surface area contributed by atoms with Crippen LogP contribution in [-0.4, -0.2) is 60.3 Å². The van der Waals surface area contributed by atoms with Crippen molar-refractivity contribution in [3.63, 3.8) is 0 Å². The van der Waals surface area contributed by atoms with Gasteiger partial charge in [0.1, 0.15) is 6.10 Å². The summed E-state index contributed by atoms with van der Waals surface area (Å²) < 4.78 is 16.2. The fourth-order valence-corrected chi connectivity index (χ4v) is 3.00. The molecular formula is C12H20BrNO5. The van der Waals surface area contributed by atoms with Gasteiger partial charge in [0.05, 0.1) is 12.1 Å². The largest absolute Gasteiger partial charge is 0.458 e. The minimum Gasteiger partial charge on any atom is -0.458 e. The molecule has 0 aliphatic carbocycles. The Balaban J connectivity index is 3.00. The summed E-state index contributed by atoms with van der Waals surface area (Å²) in [6, 6.07) is -0.277. The van der Waals surface area contributed by atoms with Crippen LogP contribution in [-0.2, 0) is 23.8 Å². The highest BCUT2D eigenvalue weighted by Gasteiger charge is 2.48. The molecule has 0 aromatic heterocycles. The van der Waals surface area contributed by atoms with Gasteiger partial charge < -0.3 is 14.2 Å². The van der Waals surface area contributed by atoms with E-state index in [0.29, 0.717) is 0 Å². The number of carbonyl (C=O) groups is 2. The monoisotopic (exact) mass is 337 g/mol. The van der Waals surface area contributed by atoms with Crippen LogP contribution >= 0.6 is 15.9 Å². The number of hydrogen-bond acceptors (Lipinski definition) is 6. The molecule has 1 fully saturated rings. The molecule has 7 heteroatoms. The third-order valence-electron chi connectivity index (χ3n) is 2.94. The Morgan fingerprint density at radius 1 is 1.11 bits per heavy atom. The predicted octanol–water partition coefficient (Wildman–Crippen LogP) is 0.920. The summed E-state index contributed by atoms with van der Waals surface area (Å²) in [7, 11) is 3.69. The summed E-state index contributed by atoms with van der Waals surface area (Å²) in [4.78, 5) is 24.3. The zero-order valence-corrected chi connectivity index (χ0v) is 13.3. The Morgan fingerprint density at radius 3 is 2.00 bits per heavy atom. The molecule has 0 radical (unpaired) electrons. The van der Waals surface area contributed by atoms with Gasteiger partial charge in [-0.3, -0.25) is 14.5 Å². The van der Waals surface area contributed by atoms with Gasteiger partial charge in [0.25, 0.3) is 0 Å². The third-order valence-corrected chi connectivity index (χ3v) is 3.68. The van der Waals surface area contributed by atoms with Crippen LogP contribution in [0.25, 0.3) is 0 Å². The Hall–Kier alpha value is -0.660. The van der Waals surface area contributed by atoms with E-state index in [2.05, 4.69) is 15.9 Å². The summed E-state index contributed by atoms with van der Waals surface area (Å²) in [5.74, 6) is -0.789. The molecule has 0 aromatic carbocycles. The third kappa shape index (κ3) is 4.15. The van der Waals surface area contributed by atoms with E-state index in [9.17, 15) is 9.59 Å². The number of halogens is 1. The molecule has 1 aliphatic rings. The second-order valence-electron chi connectivity index (χ2n) is 4.79. The zero-order valence-electron chi connectivity index (χ0n) is 11.8. The van der Waals surface area contributed by atoms with Crippen LogP contribution in [0.5, 0.6) is 0 Å². The minimum absolute atomic E-state index is 0.277. The average Bonchev–Trinajstić information content (AvgIpc) is 2.23. The lowest BCUT2D eigenvalue weighted by Gasteiger charge is -2.45. The number of ether oxygens (including phenoxy) is 3. The molecule has 0 amide bonds. The van der Waals surface area contributed by atoms with Crippen molar-refractivity contribution in [2.75, 3.05) is 14.1 Å². The number of rotatable bonds is 3. The smallest absolute Gasteiger partial charge is 0.303 e. The van der Waals surface area contributed by atoms with Crippen molar-refractivity contribution in [1.82, 2.24) is 4.90 Å². The lowest BCUT2D eigenvalue weighted by atomic mass is 9.96. The van der Waals surface area contributed by atoms with E-state index in [1.54, 1.807) is 0 Å². The SMILES string of the molecule is CC(=O)O[C@@H]1[C@H](N(C)C)[C@@H](OC(C)=O)[C@H](Br)O[C@H]1C. The van der Waals surface area contributed by atoms with Crippen molar-refractivity contribution < 1.29 is 23.8 Å². The Kier molecular flexibility index (Phi) is 5.76. The minimum atomic E-state index is -0.548. The molecule has 1 aliphatic heterocycles. The summed E-state index contributed by atoms with van der Waals surface area (Å²) in [6.07, 6.45) is -1.34. The lowest BCUT2D eigenvalue weighted by molar-refractivity contribution is -0.203. The molecule has 0 saturated carbocycles. The molecule has 0 unspecified atom stereocenters. The molecule has 19 heavy (non-hydrogen) atoms. The van der Waals surface area contributed by atoms with Gasteiger partial charge in [0.2, 0.25) is 0 Å². The van der Waals surface area contributed by atoms with Crippen LogP contribution in [0.1, 0.15) is 20.8 Å². The maximum absolute atomic E-state index is 11.2. The van der Waals surface area contributed by atoms with Gasteiger partial charge in [-0.05, 0) is 21.0 Å². The highest BCUT2D eigenvalue weighted by Crippen LogP contribution is 2.31.